The van der Waals surface area contributed by atoms with Crippen LogP contribution in [0.1, 0.15) is 57.1 Å². The molecule has 1 amide bonds. The highest BCUT2D eigenvalue weighted by molar-refractivity contribution is 7.98. The Hall–Kier alpha value is -2.71. The van der Waals surface area contributed by atoms with Crippen molar-refractivity contribution >= 4 is 17.7 Å². The fourth-order valence-electron chi connectivity index (χ4n) is 4.49. The summed E-state index contributed by atoms with van der Waals surface area (Å²) in [5.74, 6) is 2.61. The highest BCUT2D eigenvalue weighted by Crippen LogP contribution is 2.25. The van der Waals surface area contributed by atoms with Crippen molar-refractivity contribution in [3.05, 3.63) is 71.4 Å². The standard InChI is InChI=1S/C29H37FN4O2S/c1-29(2,3)24-13-11-21(12-14-24)27-32-26(36-33-27)19-34-16-6-9-22(18-34)28(35)31-15-7-17-37-20-23-8-4-5-10-25(23)30/h4-5,8,10-14,22H,6-7,9,15-20H2,1-3H3,(H,31,35). The van der Waals surface area contributed by atoms with Crippen LogP contribution in [-0.4, -0.2) is 46.3 Å². The van der Waals surface area contributed by atoms with Crippen LogP contribution in [0.3, 0.4) is 0 Å². The number of carbonyl (C=O) groups is 1. The topological polar surface area (TPSA) is 71.3 Å². The number of amides is 1. The van der Waals surface area contributed by atoms with E-state index < -0.39 is 0 Å². The lowest BCUT2D eigenvalue weighted by Crippen LogP contribution is -2.43. The quantitative estimate of drug-likeness (QED) is 0.337. The van der Waals surface area contributed by atoms with Crippen LogP contribution < -0.4 is 5.32 Å². The molecule has 0 saturated carbocycles. The molecule has 1 aromatic heterocycles. The lowest BCUT2D eigenvalue weighted by atomic mass is 9.87. The molecular weight excluding hydrogens is 487 g/mol. The third-order valence-corrected chi connectivity index (χ3v) is 7.78. The van der Waals surface area contributed by atoms with Gasteiger partial charge in [-0.3, -0.25) is 9.69 Å². The van der Waals surface area contributed by atoms with Crippen LogP contribution in [0.5, 0.6) is 0 Å². The minimum absolute atomic E-state index is 0.0350. The van der Waals surface area contributed by atoms with Crippen LogP contribution in [0.25, 0.3) is 11.4 Å². The van der Waals surface area contributed by atoms with Gasteiger partial charge in [0.1, 0.15) is 5.82 Å². The molecule has 1 fully saturated rings. The summed E-state index contributed by atoms with van der Waals surface area (Å²) in [4.78, 5) is 19.6. The van der Waals surface area contributed by atoms with E-state index in [0.717, 1.165) is 42.7 Å². The number of nitrogens with one attached hydrogen (secondary N) is 1. The van der Waals surface area contributed by atoms with Crippen molar-refractivity contribution in [2.45, 2.75) is 57.7 Å². The zero-order valence-electron chi connectivity index (χ0n) is 22.0. The largest absolute Gasteiger partial charge is 0.356 e. The summed E-state index contributed by atoms with van der Waals surface area (Å²) in [7, 11) is 0. The van der Waals surface area contributed by atoms with E-state index in [-0.39, 0.29) is 23.1 Å². The molecule has 3 aromatic rings. The van der Waals surface area contributed by atoms with Gasteiger partial charge in [-0.25, -0.2) is 4.39 Å². The Bertz CT molecular complexity index is 1160. The number of carbonyl (C=O) groups excluding carboxylic acids is 1. The number of nitrogens with zero attached hydrogens (tertiary/aromatic N) is 3. The van der Waals surface area contributed by atoms with E-state index in [1.165, 1.54) is 11.6 Å². The molecule has 1 N–H and O–H groups in total. The number of aromatic nitrogens is 2. The fourth-order valence-corrected chi connectivity index (χ4v) is 5.43. The molecule has 0 aliphatic carbocycles. The van der Waals surface area contributed by atoms with Gasteiger partial charge in [-0.05, 0) is 54.2 Å². The molecule has 1 atom stereocenters. The van der Waals surface area contributed by atoms with Crippen molar-refractivity contribution in [2.75, 3.05) is 25.4 Å². The Balaban J connectivity index is 1.19. The molecule has 0 radical (unpaired) electrons. The Labute approximate surface area is 223 Å². The summed E-state index contributed by atoms with van der Waals surface area (Å²) in [5.41, 5.74) is 3.02. The first-order chi connectivity index (χ1) is 17.8. The first kappa shape index (κ1) is 27.3. The maximum Gasteiger partial charge on any atom is 0.241 e. The molecule has 8 heteroatoms. The lowest BCUT2D eigenvalue weighted by molar-refractivity contribution is -0.126. The SMILES string of the molecule is CC(C)(C)c1ccc(-c2noc(CN3CCCC(C(=O)NCCCSCc4ccccc4F)C3)n2)cc1. The maximum atomic E-state index is 13.7. The molecule has 1 saturated heterocycles. The Morgan fingerprint density at radius 1 is 1.19 bits per heavy atom. The molecule has 0 spiro atoms. The van der Waals surface area contributed by atoms with Gasteiger partial charge >= 0.3 is 0 Å². The second-order valence-electron chi connectivity index (χ2n) is 10.7. The third-order valence-electron chi connectivity index (χ3n) is 6.69. The second-order valence-corrected chi connectivity index (χ2v) is 11.8. The number of halogens is 1. The van der Waals surface area contributed by atoms with Gasteiger partial charge in [0.05, 0.1) is 12.5 Å². The van der Waals surface area contributed by atoms with E-state index in [0.29, 0.717) is 37.1 Å². The Morgan fingerprint density at radius 3 is 2.73 bits per heavy atom. The van der Waals surface area contributed by atoms with Gasteiger partial charge in [0.15, 0.2) is 0 Å². The van der Waals surface area contributed by atoms with Crippen molar-refractivity contribution < 1.29 is 13.7 Å². The monoisotopic (exact) mass is 524 g/mol. The summed E-state index contributed by atoms with van der Waals surface area (Å²) in [6, 6.07) is 15.2. The van der Waals surface area contributed by atoms with E-state index >= 15 is 0 Å². The molecule has 0 bridgehead atoms. The summed E-state index contributed by atoms with van der Waals surface area (Å²) in [6.45, 7) is 9.35. The van der Waals surface area contributed by atoms with Crippen LogP contribution in [0.4, 0.5) is 4.39 Å². The van der Waals surface area contributed by atoms with Crippen LogP contribution >= 0.6 is 11.8 Å². The van der Waals surface area contributed by atoms with Crippen LogP contribution in [-0.2, 0) is 22.5 Å². The van der Waals surface area contributed by atoms with Crippen LogP contribution in [0.2, 0.25) is 0 Å². The smallest absolute Gasteiger partial charge is 0.241 e. The molecule has 1 aliphatic heterocycles. The molecule has 6 nitrogen and oxygen atoms in total. The predicted molar refractivity (Wildman–Crippen MR) is 147 cm³/mol. The molecule has 1 unspecified atom stereocenters. The molecular formula is C29H37FN4O2S. The van der Waals surface area contributed by atoms with E-state index in [4.69, 9.17) is 4.52 Å². The molecule has 198 valence electrons. The number of thioether (sulfide) groups is 1. The van der Waals surface area contributed by atoms with Crippen molar-refractivity contribution in [2.24, 2.45) is 5.92 Å². The fraction of sp³-hybridized carbons (Fsp3) is 0.483. The normalized spacial score (nSPS) is 16.6. The van der Waals surface area contributed by atoms with Gasteiger partial charge in [0.2, 0.25) is 17.6 Å². The van der Waals surface area contributed by atoms with Crippen molar-refractivity contribution in [3.8, 4) is 11.4 Å². The predicted octanol–water partition coefficient (Wildman–Crippen LogP) is 5.82. The average molecular weight is 525 g/mol. The van der Waals surface area contributed by atoms with E-state index in [1.54, 1.807) is 17.8 Å². The van der Waals surface area contributed by atoms with Gasteiger partial charge in [0, 0.05) is 24.4 Å². The van der Waals surface area contributed by atoms with E-state index in [9.17, 15) is 9.18 Å². The van der Waals surface area contributed by atoms with Crippen molar-refractivity contribution in [1.29, 1.82) is 0 Å². The highest BCUT2D eigenvalue weighted by Gasteiger charge is 2.26. The molecule has 37 heavy (non-hydrogen) atoms. The average Bonchev–Trinajstić information content (AvgIpc) is 3.35. The molecule has 2 aromatic carbocycles. The van der Waals surface area contributed by atoms with E-state index in [1.807, 2.05) is 24.3 Å². The number of likely N-dealkylation sites (tertiary alicyclic amines) is 1. The summed E-state index contributed by atoms with van der Waals surface area (Å²) in [6.07, 6.45) is 2.72. The number of rotatable bonds is 10. The van der Waals surface area contributed by atoms with Crippen LogP contribution in [0, 0.1) is 11.7 Å². The Kier molecular flexibility index (Phi) is 9.38. The summed E-state index contributed by atoms with van der Waals surface area (Å²) >= 11 is 1.69. The first-order valence-corrected chi connectivity index (χ1v) is 14.2. The number of hydrogen-bond donors (Lipinski definition) is 1. The number of benzene rings is 2. The molecule has 4 rings (SSSR count). The van der Waals surface area contributed by atoms with E-state index in [2.05, 4.69) is 53.3 Å². The van der Waals surface area contributed by atoms with Gasteiger partial charge in [-0.2, -0.15) is 16.7 Å². The van der Waals surface area contributed by atoms with Gasteiger partial charge in [-0.1, -0.05) is 68.4 Å². The van der Waals surface area contributed by atoms with Crippen molar-refractivity contribution in [3.63, 3.8) is 0 Å². The summed E-state index contributed by atoms with van der Waals surface area (Å²) in [5, 5.41) is 7.26. The zero-order valence-corrected chi connectivity index (χ0v) is 22.8. The minimum Gasteiger partial charge on any atom is -0.356 e. The number of hydrogen-bond acceptors (Lipinski definition) is 6. The van der Waals surface area contributed by atoms with Crippen molar-refractivity contribution in [1.82, 2.24) is 20.4 Å². The minimum atomic E-state index is -0.156. The highest BCUT2D eigenvalue weighted by atomic mass is 32.2. The zero-order chi connectivity index (χ0) is 26.3. The molecule has 2 heterocycles. The number of piperidine rings is 1. The maximum absolute atomic E-state index is 13.7. The van der Waals surface area contributed by atoms with Gasteiger partial charge in [-0.15, -0.1) is 0 Å². The first-order valence-electron chi connectivity index (χ1n) is 13.0. The third kappa shape index (κ3) is 7.89. The van der Waals surface area contributed by atoms with Gasteiger partial charge < -0.3 is 9.84 Å². The second kappa shape index (κ2) is 12.7. The van der Waals surface area contributed by atoms with Crippen LogP contribution in [0.15, 0.2) is 53.1 Å². The van der Waals surface area contributed by atoms with Gasteiger partial charge in [0.25, 0.3) is 0 Å². The molecule has 1 aliphatic rings. The summed E-state index contributed by atoms with van der Waals surface area (Å²) < 4.78 is 19.2. The lowest BCUT2D eigenvalue weighted by Gasteiger charge is -2.30. The Morgan fingerprint density at radius 2 is 1.97 bits per heavy atom.